The van der Waals surface area contributed by atoms with Gasteiger partial charge >= 0.3 is 12.4 Å². The van der Waals surface area contributed by atoms with Crippen molar-refractivity contribution in [3.63, 3.8) is 0 Å². The fourth-order valence-corrected chi connectivity index (χ4v) is 5.72. The third-order valence-corrected chi connectivity index (χ3v) is 7.31. The second-order valence-corrected chi connectivity index (χ2v) is 9.86. The molecule has 0 N–H and O–H groups in total. The molecule has 2 rings (SSSR count). The minimum absolute atomic E-state index is 0.0558. The monoisotopic (exact) mass is 436 g/mol. The molecule has 0 aliphatic carbocycles. The summed E-state index contributed by atoms with van der Waals surface area (Å²) in [5.41, 5.74) is -6.68. The first-order valence-electron chi connectivity index (χ1n) is 8.75. The lowest BCUT2D eigenvalue weighted by Gasteiger charge is -2.23. The number of rotatable bonds is 6. The van der Waals surface area contributed by atoms with Gasteiger partial charge < -0.3 is 4.57 Å². The summed E-state index contributed by atoms with van der Waals surface area (Å²) in [6.07, 6.45) is -10.6. The summed E-state index contributed by atoms with van der Waals surface area (Å²) in [4.78, 5) is 13.2. The number of carbonyl (C=O) groups excluding carboxylic acids is 1. The molecule has 29 heavy (non-hydrogen) atoms. The summed E-state index contributed by atoms with van der Waals surface area (Å²) in [6.45, 7) is 3.51. The Bertz CT molecular complexity index is 885. The topological polar surface area (TPSA) is 34.1 Å². The van der Waals surface area contributed by atoms with E-state index in [1.807, 2.05) is 0 Å². The second-order valence-electron chi connectivity index (χ2n) is 7.01. The van der Waals surface area contributed by atoms with Crippen molar-refractivity contribution in [3.8, 4) is 0 Å². The van der Waals surface area contributed by atoms with E-state index in [1.165, 1.54) is 24.3 Å². The highest BCUT2D eigenvalue weighted by Crippen LogP contribution is 2.52. The molecule has 0 radical (unpaired) electrons. The predicted molar refractivity (Wildman–Crippen MR) is 98.8 cm³/mol. The Labute approximate surface area is 164 Å². The molecule has 2 aromatic rings. The zero-order valence-corrected chi connectivity index (χ0v) is 16.5. The Morgan fingerprint density at radius 1 is 0.862 bits per heavy atom. The molecule has 158 valence electrons. The van der Waals surface area contributed by atoms with Crippen LogP contribution in [0.15, 0.2) is 48.5 Å². The van der Waals surface area contributed by atoms with Gasteiger partial charge in [-0.15, -0.1) is 0 Å². The first-order chi connectivity index (χ1) is 13.3. The maximum absolute atomic E-state index is 13.7. The summed E-state index contributed by atoms with van der Waals surface area (Å²) < 4.78 is 94.5. The average Bonchev–Trinajstić information content (AvgIpc) is 2.64. The van der Waals surface area contributed by atoms with Crippen molar-refractivity contribution >= 4 is 18.0 Å². The van der Waals surface area contributed by atoms with E-state index in [9.17, 15) is 35.7 Å². The molecule has 2 aromatic carbocycles. The zero-order valence-electron chi connectivity index (χ0n) is 15.6. The maximum Gasteiger partial charge on any atom is 0.417 e. The quantitative estimate of drug-likeness (QED) is 0.378. The van der Waals surface area contributed by atoms with Crippen LogP contribution in [-0.2, 0) is 16.9 Å². The van der Waals surface area contributed by atoms with E-state index in [4.69, 9.17) is 0 Å². The van der Waals surface area contributed by atoms with Gasteiger partial charge in [-0.25, -0.2) is 0 Å². The smallest absolute Gasteiger partial charge is 0.310 e. The van der Waals surface area contributed by atoms with Gasteiger partial charge in [-0.05, 0) is 24.5 Å². The molecule has 0 spiro atoms. The van der Waals surface area contributed by atoms with Gasteiger partial charge in [-0.3, -0.25) is 4.79 Å². The third kappa shape index (κ3) is 5.10. The van der Waals surface area contributed by atoms with Crippen molar-refractivity contribution < 1.29 is 35.7 Å². The summed E-state index contributed by atoms with van der Waals surface area (Å²) in [5, 5.41) is -0.0595. The van der Waals surface area contributed by atoms with E-state index >= 15 is 0 Å². The number of alkyl halides is 6. The predicted octanol–water partition coefficient (Wildman–Crippen LogP) is 6.60. The normalized spacial score (nSPS) is 14.7. The summed E-state index contributed by atoms with van der Waals surface area (Å²) in [5.74, 6) is -0.0558. The Hall–Kier alpha value is -2.08. The van der Waals surface area contributed by atoms with Crippen LogP contribution in [0.2, 0.25) is 0 Å². The molecule has 2 nitrogen and oxygen atoms in total. The molecule has 0 saturated heterocycles. The standard InChI is InChI=1S/C20H19F6O2P/c1-13(2)11-12-29(28,14-7-4-3-5-8-14)18(27)17-15(19(21,22)23)9-6-10-16(17)20(24,25)26/h3-10,13H,11-12H2,1-2H3. The van der Waals surface area contributed by atoms with E-state index in [2.05, 4.69) is 0 Å². The number of hydrogen-bond donors (Lipinski definition) is 0. The van der Waals surface area contributed by atoms with Crippen LogP contribution >= 0.6 is 7.14 Å². The van der Waals surface area contributed by atoms with Gasteiger partial charge in [0.15, 0.2) is 7.14 Å². The number of carbonyl (C=O) groups is 1. The number of benzene rings is 2. The van der Waals surface area contributed by atoms with Crippen LogP contribution in [0, 0.1) is 5.92 Å². The van der Waals surface area contributed by atoms with Crippen molar-refractivity contribution in [3.05, 3.63) is 65.2 Å². The fraction of sp³-hybridized carbons (Fsp3) is 0.350. The van der Waals surface area contributed by atoms with E-state index in [-0.39, 0.29) is 23.8 Å². The molecule has 0 amide bonds. The van der Waals surface area contributed by atoms with Gasteiger partial charge in [-0.1, -0.05) is 50.2 Å². The van der Waals surface area contributed by atoms with E-state index < -0.39 is 41.7 Å². The molecule has 0 fully saturated rings. The Morgan fingerprint density at radius 3 is 1.76 bits per heavy atom. The lowest BCUT2D eigenvalue weighted by atomic mass is 10.0. The van der Waals surface area contributed by atoms with E-state index in [0.29, 0.717) is 18.2 Å². The molecule has 0 saturated carbocycles. The van der Waals surface area contributed by atoms with Crippen LogP contribution in [0.4, 0.5) is 26.3 Å². The fourth-order valence-electron chi connectivity index (χ4n) is 2.89. The van der Waals surface area contributed by atoms with Crippen LogP contribution < -0.4 is 5.30 Å². The highest BCUT2D eigenvalue weighted by atomic mass is 31.2. The molecule has 0 aliphatic heterocycles. The molecule has 1 unspecified atom stereocenters. The second kappa shape index (κ2) is 8.34. The van der Waals surface area contributed by atoms with Gasteiger partial charge in [0.05, 0.1) is 16.7 Å². The van der Waals surface area contributed by atoms with Crippen LogP contribution in [0.3, 0.4) is 0 Å². The summed E-state index contributed by atoms with van der Waals surface area (Å²) >= 11 is 0. The third-order valence-electron chi connectivity index (χ3n) is 4.41. The molecule has 0 aliphatic rings. The Kier molecular flexibility index (Phi) is 6.68. The van der Waals surface area contributed by atoms with Gasteiger partial charge in [0.25, 0.3) is 0 Å². The van der Waals surface area contributed by atoms with Crippen LogP contribution in [0.1, 0.15) is 41.8 Å². The minimum Gasteiger partial charge on any atom is -0.310 e. The van der Waals surface area contributed by atoms with Crippen molar-refractivity contribution in [2.24, 2.45) is 5.92 Å². The van der Waals surface area contributed by atoms with Crippen molar-refractivity contribution in [1.82, 2.24) is 0 Å². The van der Waals surface area contributed by atoms with Gasteiger partial charge in [0.1, 0.15) is 0 Å². The average molecular weight is 436 g/mol. The molecule has 1 atom stereocenters. The number of hydrogen-bond acceptors (Lipinski definition) is 2. The molecule has 0 heterocycles. The molecule has 0 aromatic heterocycles. The minimum atomic E-state index is -5.22. The lowest BCUT2D eigenvalue weighted by molar-refractivity contribution is -0.143. The van der Waals surface area contributed by atoms with Gasteiger partial charge in [0, 0.05) is 11.5 Å². The van der Waals surface area contributed by atoms with Crippen molar-refractivity contribution in [2.45, 2.75) is 32.6 Å². The first kappa shape index (κ1) is 23.2. The Morgan fingerprint density at radius 2 is 1.34 bits per heavy atom. The summed E-state index contributed by atoms with van der Waals surface area (Å²) in [6, 6.07) is 8.40. The highest BCUT2D eigenvalue weighted by Gasteiger charge is 2.47. The Balaban J connectivity index is 2.79. The molecular weight excluding hydrogens is 417 g/mol. The van der Waals surface area contributed by atoms with Crippen LogP contribution in [0.5, 0.6) is 0 Å². The zero-order chi connectivity index (χ0) is 22.0. The molecular formula is C20H19F6O2P. The van der Waals surface area contributed by atoms with Gasteiger partial charge in [0.2, 0.25) is 5.52 Å². The maximum atomic E-state index is 13.7. The van der Waals surface area contributed by atoms with E-state index in [0.717, 1.165) is 0 Å². The SMILES string of the molecule is CC(C)CCP(=O)(C(=O)c1c(C(F)(F)F)cccc1C(F)(F)F)c1ccccc1. The first-order valence-corrected chi connectivity index (χ1v) is 10.6. The highest BCUT2D eigenvalue weighted by molar-refractivity contribution is 7.87. The molecule has 9 heteroatoms. The van der Waals surface area contributed by atoms with Gasteiger partial charge in [-0.2, -0.15) is 26.3 Å². The largest absolute Gasteiger partial charge is 0.417 e. The van der Waals surface area contributed by atoms with Crippen molar-refractivity contribution in [2.75, 3.05) is 6.16 Å². The number of halogens is 6. The van der Waals surface area contributed by atoms with Crippen LogP contribution in [0.25, 0.3) is 0 Å². The summed E-state index contributed by atoms with van der Waals surface area (Å²) in [7, 11) is -4.27. The van der Waals surface area contributed by atoms with Crippen molar-refractivity contribution in [1.29, 1.82) is 0 Å². The lowest BCUT2D eigenvalue weighted by Crippen LogP contribution is -2.24. The van der Waals surface area contributed by atoms with Crippen LogP contribution in [-0.4, -0.2) is 11.7 Å². The molecule has 0 bridgehead atoms. The van der Waals surface area contributed by atoms with E-state index in [1.54, 1.807) is 19.9 Å².